The number of halogens is 2. The van der Waals surface area contributed by atoms with Gasteiger partial charge in [-0.05, 0) is 59.0 Å². The van der Waals surface area contributed by atoms with Crippen LogP contribution in [0.4, 0.5) is 0 Å². The Hall–Kier alpha value is -1.31. The van der Waals surface area contributed by atoms with E-state index >= 15 is 0 Å². The van der Waals surface area contributed by atoms with E-state index in [9.17, 15) is 0 Å². The molecule has 3 rings (SSSR count). The van der Waals surface area contributed by atoms with Gasteiger partial charge in [0.1, 0.15) is 0 Å². The number of aryl methyl sites for hydroxylation is 2. The van der Waals surface area contributed by atoms with Gasteiger partial charge in [0, 0.05) is 4.47 Å². The molecular weight excluding hydrogens is 344 g/mol. The maximum Gasteiger partial charge on any atom is 0.0844 e. The molecule has 3 aromatic rings. The zero-order valence-corrected chi connectivity index (χ0v) is 14.4. The highest BCUT2D eigenvalue weighted by atomic mass is 79.9. The van der Waals surface area contributed by atoms with E-state index < -0.39 is 0 Å². The summed E-state index contributed by atoms with van der Waals surface area (Å²) >= 11 is 10.4. The number of fused-ring (bicyclic) bond motifs is 1. The summed E-state index contributed by atoms with van der Waals surface area (Å²) in [6, 6.07) is 19.0. The lowest BCUT2D eigenvalue weighted by Gasteiger charge is -2.17. The Labute approximate surface area is 138 Å². The molecule has 0 saturated carbocycles. The molecule has 3 aromatic carbocycles. The van der Waals surface area contributed by atoms with E-state index in [1.165, 1.54) is 27.5 Å². The molecule has 106 valence electrons. The topological polar surface area (TPSA) is 0 Å². The second kappa shape index (κ2) is 5.82. The van der Waals surface area contributed by atoms with Crippen LogP contribution in [0.1, 0.15) is 27.6 Å². The maximum atomic E-state index is 6.82. The Morgan fingerprint density at radius 1 is 0.810 bits per heavy atom. The average molecular weight is 360 g/mol. The summed E-state index contributed by atoms with van der Waals surface area (Å²) in [5.41, 5.74) is 4.81. The summed E-state index contributed by atoms with van der Waals surface area (Å²) in [7, 11) is 0. The van der Waals surface area contributed by atoms with Crippen LogP contribution in [0.2, 0.25) is 0 Å². The first kappa shape index (κ1) is 14.6. The first-order valence-electron chi connectivity index (χ1n) is 6.96. The highest BCUT2D eigenvalue weighted by Crippen LogP contribution is 2.37. The van der Waals surface area contributed by atoms with E-state index in [0.717, 1.165) is 10.0 Å². The number of rotatable bonds is 2. The Morgan fingerprint density at radius 2 is 1.48 bits per heavy atom. The second-order valence-corrected chi connectivity index (χ2v) is 6.73. The van der Waals surface area contributed by atoms with Crippen LogP contribution in [-0.4, -0.2) is 0 Å². The number of benzene rings is 3. The largest absolute Gasteiger partial charge is 0.113 e. The van der Waals surface area contributed by atoms with Crippen molar-refractivity contribution in [3.05, 3.63) is 81.3 Å². The predicted molar refractivity (Wildman–Crippen MR) is 95.3 cm³/mol. The highest BCUT2D eigenvalue weighted by Gasteiger charge is 2.16. The fraction of sp³-hybridized carbons (Fsp3) is 0.158. The van der Waals surface area contributed by atoms with Gasteiger partial charge in [-0.3, -0.25) is 0 Å². The maximum absolute atomic E-state index is 6.82. The number of alkyl halides is 1. The predicted octanol–water partition coefficient (Wildman–Crippen LogP) is 6.55. The molecule has 0 aliphatic carbocycles. The van der Waals surface area contributed by atoms with Crippen molar-refractivity contribution in [3.63, 3.8) is 0 Å². The van der Waals surface area contributed by atoms with Gasteiger partial charge in [0.25, 0.3) is 0 Å². The van der Waals surface area contributed by atoms with Crippen molar-refractivity contribution in [1.82, 2.24) is 0 Å². The van der Waals surface area contributed by atoms with Crippen molar-refractivity contribution >= 4 is 38.3 Å². The van der Waals surface area contributed by atoms with E-state index in [1.807, 2.05) is 0 Å². The average Bonchev–Trinajstić information content (AvgIpc) is 2.50. The van der Waals surface area contributed by atoms with Crippen LogP contribution in [0.25, 0.3) is 10.8 Å². The van der Waals surface area contributed by atoms with Gasteiger partial charge in [-0.15, -0.1) is 11.6 Å². The van der Waals surface area contributed by atoms with Crippen LogP contribution in [0.3, 0.4) is 0 Å². The summed E-state index contributed by atoms with van der Waals surface area (Å²) < 4.78 is 1.06. The van der Waals surface area contributed by atoms with Gasteiger partial charge >= 0.3 is 0 Å². The quantitative estimate of drug-likeness (QED) is 0.455. The molecule has 0 aliphatic heterocycles. The second-order valence-electron chi connectivity index (χ2n) is 5.38. The molecule has 0 spiro atoms. The van der Waals surface area contributed by atoms with Gasteiger partial charge in [-0.2, -0.15) is 0 Å². The van der Waals surface area contributed by atoms with Crippen LogP contribution in [0.15, 0.2) is 59.1 Å². The van der Waals surface area contributed by atoms with Crippen LogP contribution in [-0.2, 0) is 0 Å². The first-order valence-corrected chi connectivity index (χ1v) is 8.19. The molecule has 0 N–H and O–H groups in total. The van der Waals surface area contributed by atoms with Gasteiger partial charge in [0.05, 0.1) is 5.38 Å². The first-order chi connectivity index (χ1) is 10.1. The normalized spacial score (nSPS) is 12.6. The third-order valence-corrected chi connectivity index (χ3v) is 4.93. The van der Waals surface area contributed by atoms with E-state index in [2.05, 4.69) is 84.4 Å². The van der Waals surface area contributed by atoms with Gasteiger partial charge < -0.3 is 0 Å². The van der Waals surface area contributed by atoms with Gasteiger partial charge in [0.2, 0.25) is 0 Å². The van der Waals surface area contributed by atoms with Gasteiger partial charge in [-0.1, -0.05) is 58.4 Å². The minimum atomic E-state index is -0.145. The third kappa shape index (κ3) is 2.73. The Balaban J connectivity index is 2.20. The van der Waals surface area contributed by atoms with Crippen molar-refractivity contribution in [2.24, 2.45) is 0 Å². The summed E-state index contributed by atoms with van der Waals surface area (Å²) in [5.74, 6) is 0. The van der Waals surface area contributed by atoms with E-state index in [1.54, 1.807) is 0 Å². The molecule has 0 radical (unpaired) electrons. The minimum absolute atomic E-state index is 0.145. The fourth-order valence-corrected chi connectivity index (χ4v) is 3.55. The Kier molecular flexibility index (Phi) is 4.05. The monoisotopic (exact) mass is 358 g/mol. The molecule has 0 heterocycles. The number of hydrogen-bond acceptors (Lipinski definition) is 0. The Bertz CT molecular complexity index is 808. The highest BCUT2D eigenvalue weighted by molar-refractivity contribution is 9.10. The van der Waals surface area contributed by atoms with Crippen LogP contribution < -0.4 is 0 Å². The summed E-state index contributed by atoms with van der Waals surface area (Å²) in [6.07, 6.45) is 0. The molecule has 0 nitrogen and oxygen atoms in total. The van der Waals surface area contributed by atoms with E-state index in [0.29, 0.717) is 0 Å². The summed E-state index contributed by atoms with van der Waals surface area (Å²) in [6.45, 7) is 4.24. The summed E-state index contributed by atoms with van der Waals surface area (Å²) in [4.78, 5) is 0. The molecule has 0 aromatic heterocycles. The van der Waals surface area contributed by atoms with Crippen LogP contribution >= 0.6 is 27.5 Å². The lowest BCUT2D eigenvalue weighted by molar-refractivity contribution is 1.12. The Morgan fingerprint density at radius 3 is 2.24 bits per heavy atom. The lowest BCUT2D eigenvalue weighted by atomic mass is 9.94. The van der Waals surface area contributed by atoms with Gasteiger partial charge in [-0.25, -0.2) is 0 Å². The minimum Gasteiger partial charge on any atom is -0.113 e. The van der Waals surface area contributed by atoms with Crippen molar-refractivity contribution < 1.29 is 0 Å². The molecular formula is C19H16BrCl. The van der Waals surface area contributed by atoms with E-state index in [4.69, 9.17) is 11.6 Å². The van der Waals surface area contributed by atoms with Crippen molar-refractivity contribution in [2.45, 2.75) is 19.2 Å². The van der Waals surface area contributed by atoms with Crippen LogP contribution in [0, 0.1) is 13.8 Å². The molecule has 21 heavy (non-hydrogen) atoms. The summed E-state index contributed by atoms with van der Waals surface area (Å²) in [5, 5.41) is 2.36. The smallest absolute Gasteiger partial charge is 0.0844 e. The molecule has 1 unspecified atom stereocenters. The van der Waals surface area contributed by atoms with E-state index in [-0.39, 0.29) is 5.38 Å². The molecule has 0 aliphatic rings. The SMILES string of the molecule is Cc1ccc(Br)cc1C(Cl)c1ccc(C)c2ccccc12. The van der Waals surface area contributed by atoms with Crippen molar-refractivity contribution in [3.8, 4) is 0 Å². The molecule has 0 fully saturated rings. The standard InChI is InChI=1S/C19H16BrCl/c1-12-8-10-17(16-6-4-3-5-15(12)16)19(21)18-11-14(20)9-7-13(18)2/h3-11,19H,1-2H3. The zero-order chi connectivity index (χ0) is 15.0. The van der Waals surface area contributed by atoms with Crippen molar-refractivity contribution in [2.75, 3.05) is 0 Å². The van der Waals surface area contributed by atoms with Gasteiger partial charge in [0.15, 0.2) is 0 Å². The molecule has 1 atom stereocenters. The van der Waals surface area contributed by atoms with Crippen LogP contribution in [0.5, 0.6) is 0 Å². The third-order valence-electron chi connectivity index (χ3n) is 3.96. The fourth-order valence-electron chi connectivity index (χ4n) is 2.75. The zero-order valence-electron chi connectivity index (χ0n) is 12.0. The molecule has 0 bridgehead atoms. The number of hydrogen-bond donors (Lipinski definition) is 0. The molecule has 2 heteroatoms. The molecule has 0 saturated heterocycles. The lowest BCUT2D eigenvalue weighted by Crippen LogP contribution is -1.98. The molecule has 0 amide bonds. The van der Waals surface area contributed by atoms with Crippen molar-refractivity contribution in [1.29, 1.82) is 0 Å².